The number of amides is 1. The number of hydrogen-bond donors (Lipinski definition) is 2. The Morgan fingerprint density at radius 2 is 1.77 bits per heavy atom. The van der Waals surface area contributed by atoms with E-state index in [1.807, 2.05) is 0 Å². The number of benzene rings is 2. The smallest absolute Gasteiger partial charge is 0.306 e. The highest BCUT2D eigenvalue weighted by Gasteiger charge is 2.12. The van der Waals surface area contributed by atoms with Crippen molar-refractivity contribution < 1.29 is 19.1 Å². The summed E-state index contributed by atoms with van der Waals surface area (Å²) in [5, 5.41) is 3.20. The van der Waals surface area contributed by atoms with Crippen LogP contribution in [0.3, 0.4) is 0 Å². The summed E-state index contributed by atoms with van der Waals surface area (Å²) in [6, 6.07) is 13.9. The molecule has 0 bridgehead atoms. The summed E-state index contributed by atoms with van der Waals surface area (Å²) in [6.45, 7) is 1.63. The molecular formula is C23H23N3O5. The van der Waals surface area contributed by atoms with E-state index in [-0.39, 0.29) is 36.7 Å². The highest BCUT2D eigenvalue weighted by molar-refractivity contribution is 5.98. The Morgan fingerprint density at radius 3 is 2.52 bits per heavy atom. The van der Waals surface area contributed by atoms with E-state index in [1.165, 1.54) is 6.92 Å². The number of nitrogens with zero attached hydrogens (tertiary/aromatic N) is 1. The van der Waals surface area contributed by atoms with E-state index < -0.39 is 5.97 Å². The molecule has 8 nitrogen and oxygen atoms in total. The third kappa shape index (κ3) is 6.33. The largest absolute Gasteiger partial charge is 0.457 e. The van der Waals surface area contributed by atoms with Crippen LogP contribution in [0.4, 0.5) is 0 Å². The van der Waals surface area contributed by atoms with Crippen molar-refractivity contribution in [1.29, 1.82) is 0 Å². The number of aryl methyl sites for hydroxylation is 1. The third-order valence-electron chi connectivity index (χ3n) is 4.66. The SMILES string of the molecule is CC(=O)NCCc1ccc(C(=O)COC(=O)CCc2nc3ccccc3c(=O)[nH]2)cc1. The lowest BCUT2D eigenvalue weighted by molar-refractivity contribution is -0.142. The number of nitrogens with one attached hydrogen (secondary N) is 2. The molecule has 0 spiro atoms. The highest BCUT2D eigenvalue weighted by atomic mass is 16.5. The monoisotopic (exact) mass is 421 g/mol. The molecule has 31 heavy (non-hydrogen) atoms. The van der Waals surface area contributed by atoms with Gasteiger partial charge in [-0.1, -0.05) is 36.4 Å². The topological polar surface area (TPSA) is 118 Å². The minimum absolute atomic E-state index is 0.00333. The second-order valence-electron chi connectivity index (χ2n) is 7.04. The first-order valence-corrected chi connectivity index (χ1v) is 9.92. The Labute approximate surface area is 178 Å². The molecule has 0 saturated carbocycles. The van der Waals surface area contributed by atoms with E-state index in [4.69, 9.17) is 4.74 Å². The van der Waals surface area contributed by atoms with E-state index in [2.05, 4.69) is 15.3 Å². The Morgan fingerprint density at radius 1 is 1.03 bits per heavy atom. The molecule has 0 radical (unpaired) electrons. The summed E-state index contributed by atoms with van der Waals surface area (Å²) in [5.74, 6) is -0.548. The number of carbonyl (C=O) groups is 3. The number of aromatic nitrogens is 2. The number of carbonyl (C=O) groups excluding carboxylic acids is 3. The van der Waals surface area contributed by atoms with E-state index in [0.717, 1.165) is 5.56 Å². The van der Waals surface area contributed by atoms with Crippen LogP contribution in [0.5, 0.6) is 0 Å². The van der Waals surface area contributed by atoms with Gasteiger partial charge in [0, 0.05) is 25.5 Å². The van der Waals surface area contributed by atoms with Crippen LogP contribution in [0.15, 0.2) is 53.3 Å². The number of Topliss-reactive ketones (excluding diaryl/α,β-unsaturated/α-hetero) is 1. The molecule has 0 aliphatic heterocycles. The summed E-state index contributed by atoms with van der Waals surface area (Å²) in [7, 11) is 0. The molecule has 0 aliphatic carbocycles. The molecule has 0 aliphatic rings. The molecule has 2 aromatic carbocycles. The molecular weight excluding hydrogens is 398 g/mol. The van der Waals surface area contributed by atoms with Crippen LogP contribution in [0.2, 0.25) is 0 Å². The van der Waals surface area contributed by atoms with E-state index in [0.29, 0.717) is 35.3 Å². The first-order valence-electron chi connectivity index (χ1n) is 9.92. The fourth-order valence-corrected chi connectivity index (χ4v) is 3.02. The average molecular weight is 421 g/mol. The molecule has 160 valence electrons. The van der Waals surface area contributed by atoms with Crippen molar-refractivity contribution in [1.82, 2.24) is 15.3 Å². The Bertz CT molecular complexity index is 1150. The first kappa shape index (κ1) is 21.9. The van der Waals surface area contributed by atoms with Gasteiger partial charge in [0.25, 0.3) is 5.56 Å². The number of para-hydroxylation sites is 1. The van der Waals surface area contributed by atoms with Crippen molar-refractivity contribution in [3.05, 3.63) is 75.8 Å². The fraction of sp³-hybridized carbons (Fsp3) is 0.261. The van der Waals surface area contributed by atoms with Crippen LogP contribution in [-0.2, 0) is 27.2 Å². The lowest BCUT2D eigenvalue weighted by Crippen LogP contribution is -2.22. The van der Waals surface area contributed by atoms with Crippen molar-refractivity contribution in [2.45, 2.75) is 26.2 Å². The number of ether oxygens (including phenoxy) is 1. The minimum Gasteiger partial charge on any atom is -0.457 e. The molecule has 0 saturated heterocycles. The summed E-state index contributed by atoms with van der Waals surface area (Å²) < 4.78 is 5.06. The van der Waals surface area contributed by atoms with Gasteiger partial charge in [0.2, 0.25) is 5.91 Å². The number of rotatable bonds is 9. The van der Waals surface area contributed by atoms with Crippen LogP contribution in [0, 0.1) is 0 Å². The number of H-pyrrole nitrogens is 1. The molecule has 1 heterocycles. The maximum atomic E-state index is 12.2. The normalized spacial score (nSPS) is 10.6. The maximum absolute atomic E-state index is 12.2. The van der Waals surface area contributed by atoms with Gasteiger partial charge in [0.05, 0.1) is 17.3 Å². The predicted molar refractivity (Wildman–Crippen MR) is 115 cm³/mol. The van der Waals surface area contributed by atoms with Gasteiger partial charge >= 0.3 is 5.97 Å². The fourth-order valence-electron chi connectivity index (χ4n) is 3.02. The van der Waals surface area contributed by atoms with E-state index >= 15 is 0 Å². The number of esters is 1. The maximum Gasteiger partial charge on any atom is 0.306 e. The zero-order chi connectivity index (χ0) is 22.2. The summed E-state index contributed by atoms with van der Waals surface area (Å²) in [5.41, 5.74) is 1.73. The number of hydrogen-bond acceptors (Lipinski definition) is 6. The van der Waals surface area contributed by atoms with Gasteiger partial charge in [-0.2, -0.15) is 0 Å². The lowest BCUT2D eigenvalue weighted by Gasteiger charge is -2.06. The van der Waals surface area contributed by atoms with Crippen molar-refractivity contribution in [3.63, 3.8) is 0 Å². The molecule has 0 fully saturated rings. The molecule has 2 N–H and O–H groups in total. The predicted octanol–water partition coefficient (Wildman–Crippen LogP) is 1.96. The van der Waals surface area contributed by atoms with Gasteiger partial charge in [-0.3, -0.25) is 19.2 Å². The summed E-state index contributed by atoms with van der Waals surface area (Å²) in [6.07, 6.45) is 0.862. The van der Waals surface area contributed by atoms with Gasteiger partial charge in [0.1, 0.15) is 5.82 Å². The van der Waals surface area contributed by atoms with E-state index in [1.54, 1.807) is 48.5 Å². The number of fused-ring (bicyclic) bond motifs is 1. The third-order valence-corrected chi connectivity index (χ3v) is 4.66. The van der Waals surface area contributed by atoms with Crippen molar-refractivity contribution in [2.24, 2.45) is 0 Å². The van der Waals surface area contributed by atoms with Crippen molar-refractivity contribution in [2.75, 3.05) is 13.2 Å². The molecule has 1 aromatic heterocycles. The van der Waals surface area contributed by atoms with Crippen molar-refractivity contribution >= 4 is 28.6 Å². The van der Waals surface area contributed by atoms with Gasteiger partial charge in [0.15, 0.2) is 12.4 Å². The molecule has 8 heteroatoms. The molecule has 0 unspecified atom stereocenters. The number of ketones is 1. The molecule has 0 atom stereocenters. The Balaban J connectivity index is 1.46. The number of aromatic amines is 1. The second kappa shape index (κ2) is 10.3. The molecule has 1 amide bonds. The average Bonchev–Trinajstić information content (AvgIpc) is 2.76. The van der Waals surface area contributed by atoms with Gasteiger partial charge in [-0.25, -0.2) is 4.98 Å². The standard InChI is InChI=1S/C23H23N3O5/c1-15(27)24-13-12-16-6-8-17(9-7-16)20(28)14-31-22(29)11-10-21-25-19-5-3-2-4-18(19)23(30)26-21/h2-9H,10-14H2,1H3,(H,24,27)(H,25,26,30). The first-order chi connectivity index (χ1) is 14.9. The van der Waals surface area contributed by atoms with Gasteiger partial charge in [-0.05, 0) is 24.1 Å². The zero-order valence-corrected chi connectivity index (χ0v) is 17.1. The lowest BCUT2D eigenvalue weighted by atomic mass is 10.1. The zero-order valence-electron chi connectivity index (χ0n) is 17.1. The van der Waals surface area contributed by atoms with Crippen LogP contribution in [-0.4, -0.2) is 40.8 Å². The second-order valence-corrected chi connectivity index (χ2v) is 7.04. The van der Waals surface area contributed by atoms with Crippen LogP contribution in [0.1, 0.15) is 35.1 Å². The van der Waals surface area contributed by atoms with Crippen LogP contribution < -0.4 is 10.9 Å². The Hall–Kier alpha value is -3.81. The highest BCUT2D eigenvalue weighted by Crippen LogP contribution is 2.08. The van der Waals surface area contributed by atoms with Crippen LogP contribution >= 0.6 is 0 Å². The molecule has 3 aromatic rings. The van der Waals surface area contributed by atoms with E-state index in [9.17, 15) is 19.2 Å². The summed E-state index contributed by atoms with van der Waals surface area (Å²) >= 11 is 0. The van der Waals surface area contributed by atoms with Crippen molar-refractivity contribution in [3.8, 4) is 0 Å². The quantitative estimate of drug-likeness (QED) is 0.403. The Kier molecular flexibility index (Phi) is 7.26. The van der Waals surface area contributed by atoms with Crippen LogP contribution in [0.25, 0.3) is 10.9 Å². The summed E-state index contributed by atoms with van der Waals surface area (Å²) in [4.78, 5) is 54.2. The molecule has 3 rings (SSSR count). The van der Waals surface area contributed by atoms with Gasteiger partial charge < -0.3 is 15.0 Å². The van der Waals surface area contributed by atoms with Gasteiger partial charge in [-0.15, -0.1) is 0 Å². The minimum atomic E-state index is -0.545.